The maximum Gasteiger partial charge on any atom is 0.150 e. The predicted octanol–water partition coefficient (Wildman–Crippen LogP) is 4.51. The molecule has 4 heteroatoms. The molecule has 0 N–H and O–H groups in total. The summed E-state index contributed by atoms with van der Waals surface area (Å²) in [4.78, 5) is 12.9. The Morgan fingerprint density at radius 1 is 1.19 bits per heavy atom. The fraction of sp³-hybridized carbons (Fsp3) is 0.0833. The average molecular weight is 269 g/mol. The van der Waals surface area contributed by atoms with Crippen LogP contribution in [0.3, 0.4) is 0 Å². The molecule has 0 aliphatic rings. The summed E-state index contributed by atoms with van der Waals surface area (Å²) in [5.74, 6) is 0.915. The lowest BCUT2D eigenvalue weighted by Crippen LogP contribution is -1.79. The van der Waals surface area contributed by atoms with Gasteiger partial charge in [0.15, 0.2) is 0 Å². The van der Waals surface area contributed by atoms with Crippen molar-refractivity contribution >= 4 is 41.0 Å². The first-order valence-electron chi connectivity index (χ1n) is 4.70. The number of thiophene rings is 1. The van der Waals surface area contributed by atoms with Crippen LogP contribution in [0.1, 0.15) is 15.2 Å². The molecule has 0 bridgehead atoms. The second-order valence-corrected chi connectivity index (χ2v) is 6.03. The monoisotopic (exact) mass is 268 g/mol. The van der Waals surface area contributed by atoms with E-state index < -0.39 is 0 Å². The number of halogens is 1. The smallest absolute Gasteiger partial charge is 0.150 e. The van der Waals surface area contributed by atoms with Gasteiger partial charge in [-0.25, -0.2) is 0 Å². The number of carbonyl (C=O) groups excluding carboxylic acids is 1. The van der Waals surface area contributed by atoms with Crippen LogP contribution in [-0.2, 0) is 5.75 Å². The lowest BCUT2D eigenvalue weighted by molar-refractivity contribution is 0.112. The van der Waals surface area contributed by atoms with Gasteiger partial charge in [0.05, 0.1) is 4.34 Å². The van der Waals surface area contributed by atoms with Gasteiger partial charge >= 0.3 is 0 Å². The molecule has 1 heterocycles. The molecule has 1 aromatic carbocycles. The van der Waals surface area contributed by atoms with Gasteiger partial charge in [0.1, 0.15) is 6.29 Å². The van der Waals surface area contributed by atoms with Crippen LogP contribution in [0.15, 0.2) is 41.3 Å². The minimum Gasteiger partial charge on any atom is -0.298 e. The number of carbonyl (C=O) groups is 1. The van der Waals surface area contributed by atoms with Crippen molar-refractivity contribution in [1.82, 2.24) is 0 Å². The van der Waals surface area contributed by atoms with E-state index in [-0.39, 0.29) is 0 Å². The number of benzene rings is 1. The normalized spacial score (nSPS) is 10.3. The van der Waals surface area contributed by atoms with Gasteiger partial charge in [-0.3, -0.25) is 4.79 Å². The largest absolute Gasteiger partial charge is 0.298 e. The lowest BCUT2D eigenvalue weighted by Gasteiger charge is -1.99. The van der Waals surface area contributed by atoms with Crippen molar-refractivity contribution in [2.75, 3.05) is 0 Å². The molecule has 0 amide bonds. The zero-order valence-electron chi connectivity index (χ0n) is 8.35. The van der Waals surface area contributed by atoms with Crippen molar-refractivity contribution in [3.8, 4) is 0 Å². The molecule has 82 valence electrons. The molecular formula is C12H9ClOS2. The quantitative estimate of drug-likeness (QED) is 0.600. The first-order valence-corrected chi connectivity index (χ1v) is 6.88. The third kappa shape index (κ3) is 3.11. The summed E-state index contributed by atoms with van der Waals surface area (Å²) in [5.41, 5.74) is 0.712. The number of hydrogen-bond acceptors (Lipinski definition) is 3. The molecule has 0 spiro atoms. The van der Waals surface area contributed by atoms with E-state index in [4.69, 9.17) is 11.6 Å². The van der Waals surface area contributed by atoms with Gasteiger partial charge in [0.2, 0.25) is 0 Å². The molecule has 0 unspecified atom stereocenters. The van der Waals surface area contributed by atoms with Crippen LogP contribution >= 0.6 is 34.7 Å². The Morgan fingerprint density at radius 2 is 1.94 bits per heavy atom. The summed E-state index contributed by atoms with van der Waals surface area (Å²) in [5, 5.41) is 0. The molecule has 0 aliphatic heterocycles. The Bertz CT molecular complexity index is 476. The number of thioether (sulfide) groups is 1. The van der Waals surface area contributed by atoms with Crippen LogP contribution in [0.5, 0.6) is 0 Å². The minimum absolute atomic E-state index is 0.712. The van der Waals surface area contributed by atoms with E-state index in [2.05, 4.69) is 0 Å². The Hall–Kier alpha value is -0.770. The van der Waals surface area contributed by atoms with Crippen LogP contribution in [0.2, 0.25) is 4.34 Å². The average Bonchev–Trinajstić information content (AvgIpc) is 2.73. The van der Waals surface area contributed by atoms with Gasteiger partial charge in [-0.05, 0) is 24.3 Å². The molecule has 0 fully saturated rings. The van der Waals surface area contributed by atoms with Gasteiger partial charge in [0, 0.05) is 21.1 Å². The van der Waals surface area contributed by atoms with Gasteiger partial charge < -0.3 is 0 Å². The van der Waals surface area contributed by atoms with Gasteiger partial charge in [-0.1, -0.05) is 23.7 Å². The minimum atomic E-state index is 0.712. The second-order valence-electron chi connectivity index (χ2n) is 3.18. The molecule has 0 saturated carbocycles. The number of rotatable bonds is 4. The SMILES string of the molecule is O=Cc1ccc(SCc2ccc(Cl)s2)cc1. The third-order valence-corrected chi connectivity index (χ3v) is 4.50. The molecule has 0 atom stereocenters. The molecule has 1 nitrogen and oxygen atoms in total. The Morgan fingerprint density at radius 3 is 2.50 bits per heavy atom. The van der Waals surface area contributed by atoms with E-state index in [1.165, 1.54) is 4.88 Å². The molecule has 0 aliphatic carbocycles. The summed E-state index contributed by atoms with van der Waals surface area (Å²) in [6, 6.07) is 11.5. The van der Waals surface area contributed by atoms with E-state index in [0.29, 0.717) is 5.56 Å². The highest BCUT2D eigenvalue weighted by Gasteiger charge is 2.00. The fourth-order valence-electron chi connectivity index (χ4n) is 1.23. The summed E-state index contributed by atoms with van der Waals surface area (Å²) >= 11 is 9.20. The molecule has 1 aromatic heterocycles. The summed E-state index contributed by atoms with van der Waals surface area (Å²) in [7, 11) is 0. The molecular weight excluding hydrogens is 260 g/mol. The Kier molecular flexibility index (Phi) is 4.04. The van der Waals surface area contributed by atoms with Crippen molar-refractivity contribution in [1.29, 1.82) is 0 Å². The third-order valence-electron chi connectivity index (χ3n) is 2.03. The predicted molar refractivity (Wildman–Crippen MR) is 70.7 cm³/mol. The van der Waals surface area contributed by atoms with E-state index in [0.717, 1.165) is 21.3 Å². The first kappa shape index (κ1) is 11.7. The van der Waals surface area contributed by atoms with Crippen LogP contribution in [0, 0.1) is 0 Å². The second kappa shape index (κ2) is 5.53. The number of aldehydes is 1. The van der Waals surface area contributed by atoms with Crippen molar-refractivity contribution in [2.24, 2.45) is 0 Å². The van der Waals surface area contributed by atoms with Crippen molar-refractivity contribution < 1.29 is 4.79 Å². The van der Waals surface area contributed by atoms with Crippen LogP contribution in [0.4, 0.5) is 0 Å². The standard InChI is InChI=1S/C12H9ClOS2/c13-12-6-5-11(16-12)8-15-10-3-1-9(7-14)2-4-10/h1-7H,8H2. The van der Waals surface area contributed by atoms with E-state index in [9.17, 15) is 4.79 Å². The number of hydrogen-bond donors (Lipinski definition) is 0. The van der Waals surface area contributed by atoms with E-state index in [1.54, 1.807) is 23.1 Å². The maximum absolute atomic E-state index is 10.5. The highest BCUT2D eigenvalue weighted by Crippen LogP contribution is 2.28. The Labute approximate surface area is 107 Å². The van der Waals surface area contributed by atoms with Gasteiger partial charge in [-0.15, -0.1) is 23.1 Å². The highest BCUT2D eigenvalue weighted by atomic mass is 35.5. The van der Waals surface area contributed by atoms with E-state index >= 15 is 0 Å². The van der Waals surface area contributed by atoms with Crippen molar-refractivity contribution in [3.05, 3.63) is 51.2 Å². The lowest BCUT2D eigenvalue weighted by atomic mass is 10.2. The summed E-state index contributed by atoms with van der Waals surface area (Å²) < 4.78 is 0.826. The van der Waals surface area contributed by atoms with Crippen LogP contribution < -0.4 is 0 Å². The van der Waals surface area contributed by atoms with E-state index in [1.807, 2.05) is 36.4 Å². The summed E-state index contributed by atoms with van der Waals surface area (Å²) in [6.07, 6.45) is 0.855. The van der Waals surface area contributed by atoms with Crippen molar-refractivity contribution in [2.45, 2.75) is 10.6 Å². The first-order chi connectivity index (χ1) is 7.78. The topological polar surface area (TPSA) is 17.1 Å². The molecule has 0 saturated heterocycles. The molecule has 2 rings (SSSR count). The van der Waals surface area contributed by atoms with Gasteiger partial charge in [-0.2, -0.15) is 0 Å². The zero-order chi connectivity index (χ0) is 11.4. The zero-order valence-corrected chi connectivity index (χ0v) is 10.7. The Balaban J connectivity index is 1.96. The fourth-order valence-corrected chi connectivity index (χ4v) is 3.26. The summed E-state index contributed by atoms with van der Waals surface area (Å²) in [6.45, 7) is 0. The molecule has 0 radical (unpaired) electrons. The van der Waals surface area contributed by atoms with Crippen LogP contribution in [-0.4, -0.2) is 6.29 Å². The highest BCUT2D eigenvalue weighted by molar-refractivity contribution is 7.98. The maximum atomic E-state index is 10.5. The molecule has 16 heavy (non-hydrogen) atoms. The van der Waals surface area contributed by atoms with Gasteiger partial charge in [0.25, 0.3) is 0 Å². The van der Waals surface area contributed by atoms with Crippen molar-refractivity contribution in [3.63, 3.8) is 0 Å². The van der Waals surface area contributed by atoms with Crippen LogP contribution in [0.25, 0.3) is 0 Å². The molecule has 2 aromatic rings.